The van der Waals surface area contributed by atoms with Crippen LogP contribution in [0, 0.1) is 5.92 Å². The zero-order valence-electron chi connectivity index (χ0n) is 6.62. The van der Waals surface area contributed by atoms with Gasteiger partial charge >= 0.3 is 0 Å². The molecule has 0 fully saturated rings. The van der Waals surface area contributed by atoms with E-state index in [1.807, 2.05) is 12.4 Å². The molecule has 2 heteroatoms. The molecule has 2 aliphatic heterocycles. The van der Waals surface area contributed by atoms with Crippen LogP contribution >= 0.6 is 0 Å². The molecule has 0 aromatic carbocycles. The Kier molecular flexibility index (Phi) is 1.53. The van der Waals surface area contributed by atoms with Crippen molar-refractivity contribution in [2.75, 3.05) is 6.54 Å². The molecule has 2 rings (SSSR count). The third-order valence-corrected chi connectivity index (χ3v) is 2.29. The van der Waals surface area contributed by atoms with Gasteiger partial charge in [0.2, 0.25) is 0 Å². The fraction of sp³-hybridized carbons (Fsp3) is 0.444. The lowest BCUT2D eigenvalue weighted by molar-refractivity contribution is 0.568. The van der Waals surface area contributed by atoms with Crippen LogP contribution < -0.4 is 5.32 Å². The second kappa shape index (κ2) is 2.53. The number of aliphatic imine (C=N–C) groups is 1. The van der Waals surface area contributed by atoms with E-state index in [9.17, 15) is 0 Å². The fourth-order valence-corrected chi connectivity index (χ4v) is 1.60. The predicted octanol–water partition coefficient (Wildman–Crippen LogP) is 1.12. The molecule has 0 saturated heterocycles. The van der Waals surface area contributed by atoms with Gasteiger partial charge in [-0.15, -0.1) is 0 Å². The predicted molar refractivity (Wildman–Crippen MR) is 46.7 cm³/mol. The highest BCUT2D eigenvalue weighted by molar-refractivity contribution is 5.74. The van der Waals surface area contributed by atoms with Crippen LogP contribution in [0.25, 0.3) is 0 Å². The first-order chi connectivity index (χ1) is 5.38. The van der Waals surface area contributed by atoms with Gasteiger partial charge in [-0.3, -0.25) is 4.99 Å². The lowest BCUT2D eigenvalue weighted by Gasteiger charge is -2.26. The van der Waals surface area contributed by atoms with Crippen LogP contribution in [0.5, 0.6) is 0 Å². The van der Waals surface area contributed by atoms with Crippen LogP contribution in [0.4, 0.5) is 0 Å². The molecule has 58 valence electrons. The van der Waals surface area contributed by atoms with E-state index in [-0.39, 0.29) is 0 Å². The molecule has 0 saturated carbocycles. The minimum absolute atomic E-state index is 0.424. The van der Waals surface area contributed by atoms with Gasteiger partial charge in [0.15, 0.2) is 0 Å². The lowest BCUT2D eigenvalue weighted by atomic mass is 9.89. The first kappa shape index (κ1) is 6.65. The SMILES string of the molecule is CC1N=CC=C2CNC=CC21. The molecule has 0 radical (unpaired) electrons. The summed E-state index contributed by atoms with van der Waals surface area (Å²) in [7, 11) is 0. The molecule has 2 atom stereocenters. The number of dihydropyridines is 1. The van der Waals surface area contributed by atoms with Crippen LogP contribution in [0.1, 0.15) is 6.92 Å². The summed E-state index contributed by atoms with van der Waals surface area (Å²) in [4.78, 5) is 4.33. The molecular weight excluding hydrogens is 136 g/mol. The molecule has 2 unspecified atom stereocenters. The number of allylic oxidation sites excluding steroid dienone is 1. The van der Waals surface area contributed by atoms with Crippen molar-refractivity contribution in [2.45, 2.75) is 13.0 Å². The maximum Gasteiger partial charge on any atom is 0.0572 e. The molecule has 0 bridgehead atoms. The number of fused-ring (bicyclic) bond motifs is 1. The van der Waals surface area contributed by atoms with Crippen LogP contribution in [0.15, 0.2) is 28.9 Å². The van der Waals surface area contributed by atoms with Gasteiger partial charge in [-0.05, 0) is 24.8 Å². The highest BCUT2D eigenvalue weighted by Gasteiger charge is 2.21. The molecule has 0 amide bonds. The highest BCUT2D eigenvalue weighted by atomic mass is 14.9. The van der Waals surface area contributed by atoms with Crippen LogP contribution in [-0.2, 0) is 0 Å². The summed E-state index contributed by atoms with van der Waals surface area (Å²) in [5, 5.41) is 3.19. The van der Waals surface area contributed by atoms with E-state index in [1.165, 1.54) is 5.57 Å². The van der Waals surface area contributed by atoms with Crippen molar-refractivity contribution in [2.24, 2.45) is 10.9 Å². The summed E-state index contributed by atoms with van der Waals surface area (Å²) in [5.41, 5.74) is 1.45. The van der Waals surface area contributed by atoms with E-state index in [0.717, 1.165) is 6.54 Å². The molecule has 11 heavy (non-hydrogen) atoms. The molecule has 0 aromatic heterocycles. The summed E-state index contributed by atoms with van der Waals surface area (Å²) in [6.45, 7) is 3.14. The minimum Gasteiger partial charge on any atom is -0.387 e. The topological polar surface area (TPSA) is 24.4 Å². The van der Waals surface area contributed by atoms with Crippen molar-refractivity contribution in [1.29, 1.82) is 0 Å². The van der Waals surface area contributed by atoms with Crippen molar-refractivity contribution in [3.05, 3.63) is 23.9 Å². The molecular formula is C9H12N2. The molecule has 2 nitrogen and oxygen atoms in total. The van der Waals surface area contributed by atoms with Crippen molar-refractivity contribution in [1.82, 2.24) is 5.32 Å². The minimum atomic E-state index is 0.424. The number of nitrogens with one attached hydrogen (secondary N) is 1. The van der Waals surface area contributed by atoms with Gasteiger partial charge < -0.3 is 5.32 Å². The Labute approximate surface area is 66.7 Å². The van der Waals surface area contributed by atoms with E-state index >= 15 is 0 Å². The van der Waals surface area contributed by atoms with E-state index in [4.69, 9.17) is 0 Å². The Morgan fingerprint density at radius 1 is 1.64 bits per heavy atom. The number of hydrogen-bond acceptors (Lipinski definition) is 2. The van der Waals surface area contributed by atoms with E-state index in [0.29, 0.717) is 12.0 Å². The lowest BCUT2D eigenvalue weighted by Crippen LogP contribution is -2.28. The van der Waals surface area contributed by atoms with Crippen LogP contribution in [-0.4, -0.2) is 18.8 Å². The van der Waals surface area contributed by atoms with Crippen LogP contribution in [0.3, 0.4) is 0 Å². The Bertz CT molecular complexity index is 238. The largest absolute Gasteiger partial charge is 0.387 e. The summed E-state index contributed by atoms with van der Waals surface area (Å²) in [5.74, 6) is 0.543. The Balaban J connectivity index is 2.29. The summed E-state index contributed by atoms with van der Waals surface area (Å²) < 4.78 is 0. The van der Waals surface area contributed by atoms with Gasteiger partial charge in [0, 0.05) is 18.7 Å². The van der Waals surface area contributed by atoms with Crippen molar-refractivity contribution < 1.29 is 0 Å². The van der Waals surface area contributed by atoms with E-state index in [2.05, 4.69) is 29.4 Å². The zero-order valence-corrected chi connectivity index (χ0v) is 6.62. The molecule has 2 aliphatic rings. The van der Waals surface area contributed by atoms with Gasteiger partial charge in [0.05, 0.1) is 6.04 Å². The number of hydrogen-bond donors (Lipinski definition) is 1. The second-order valence-corrected chi connectivity index (χ2v) is 3.05. The Morgan fingerprint density at radius 3 is 3.36 bits per heavy atom. The summed E-state index contributed by atoms with van der Waals surface area (Å²) >= 11 is 0. The van der Waals surface area contributed by atoms with Gasteiger partial charge in [0.1, 0.15) is 0 Å². The van der Waals surface area contributed by atoms with Crippen LogP contribution in [0.2, 0.25) is 0 Å². The Hall–Kier alpha value is -1.05. The maximum atomic E-state index is 4.33. The van der Waals surface area contributed by atoms with Gasteiger partial charge in [-0.2, -0.15) is 0 Å². The normalized spacial score (nSPS) is 34.1. The Morgan fingerprint density at radius 2 is 2.55 bits per heavy atom. The molecule has 2 heterocycles. The quantitative estimate of drug-likeness (QED) is 0.547. The average Bonchev–Trinajstić information content (AvgIpc) is 2.06. The van der Waals surface area contributed by atoms with Gasteiger partial charge in [-0.1, -0.05) is 6.08 Å². The number of rotatable bonds is 0. The van der Waals surface area contributed by atoms with Crippen molar-refractivity contribution in [3.63, 3.8) is 0 Å². The summed E-state index contributed by atoms with van der Waals surface area (Å²) in [6, 6.07) is 0.424. The first-order valence-corrected chi connectivity index (χ1v) is 4.00. The second-order valence-electron chi connectivity index (χ2n) is 3.05. The first-order valence-electron chi connectivity index (χ1n) is 4.00. The van der Waals surface area contributed by atoms with Crippen molar-refractivity contribution >= 4 is 6.21 Å². The third kappa shape index (κ3) is 1.09. The van der Waals surface area contributed by atoms with Gasteiger partial charge in [0.25, 0.3) is 0 Å². The molecule has 0 aliphatic carbocycles. The summed E-state index contributed by atoms with van der Waals surface area (Å²) in [6.07, 6.45) is 8.24. The standard InChI is InChI=1S/C9H12N2/c1-7-9-3-4-10-6-8(9)2-5-11-7/h2-5,7,9-10H,6H2,1H3. The highest BCUT2D eigenvalue weighted by Crippen LogP contribution is 2.23. The van der Waals surface area contributed by atoms with E-state index < -0.39 is 0 Å². The molecule has 0 aromatic rings. The van der Waals surface area contributed by atoms with Gasteiger partial charge in [-0.25, -0.2) is 0 Å². The maximum absolute atomic E-state index is 4.33. The molecule has 0 spiro atoms. The number of nitrogens with zero attached hydrogens (tertiary/aromatic N) is 1. The molecule has 1 N–H and O–H groups in total. The smallest absolute Gasteiger partial charge is 0.0572 e. The zero-order chi connectivity index (χ0) is 7.68. The van der Waals surface area contributed by atoms with E-state index in [1.54, 1.807) is 0 Å². The fourth-order valence-electron chi connectivity index (χ4n) is 1.60. The third-order valence-electron chi connectivity index (χ3n) is 2.29. The average molecular weight is 148 g/mol. The monoisotopic (exact) mass is 148 g/mol. The van der Waals surface area contributed by atoms with Crippen molar-refractivity contribution in [3.8, 4) is 0 Å².